The molecular weight excluding hydrogens is 430 g/mol. The molecule has 3 unspecified atom stereocenters. The third-order valence-corrected chi connectivity index (χ3v) is 5.32. The number of fused-ring (bicyclic) bond motifs is 2. The zero-order chi connectivity index (χ0) is 15.9. The second-order valence-electron chi connectivity index (χ2n) is 6.61. The predicted molar refractivity (Wildman–Crippen MR) is 95.4 cm³/mol. The van der Waals surface area contributed by atoms with E-state index in [1.165, 1.54) is 32.1 Å². The maximum atomic E-state index is 2.37. The zero-order valence-electron chi connectivity index (χ0n) is 14.8. The van der Waals surface area contributed by atoms with Crippen LogP contribution in [-0.4, -0.2) is 6.88 Å². The molecule has 0 N–H and O–H groups in total. The third-order valence-electron chi connectivity index (χ3n) is 5.32. The van der Waals surface area contributed by atoms with Crippen molar-refractivity contribution >= 4 is 6.88 Å². The molecule has 0 aromatic carbocycles. The van der Waals surface area contributed by atoms with Crippen LogP contribution in [-0.2, 0) is 23.3 Å². The van der Waals surface area contributed by atoms with Gasteiger partial charge in [-0.25, -0.2) is 35.6 Å². The number of rotatable bonds is 0. The molecule has 0 radical (unpaired) electrons. The Kier molecular flexibility index (Phi) is 12.9. The normalized spacial score (nSPS) is 28.2. The van der Waals surface area contributed by atoms with Crippen LogP contribution < -0.4 is 24.8 Å². The van der Waals surface area contributed by atoms with Crippen LogP contribution in [0.3, 0.4) is 0 Å². The van der Waals surface area contributed by atoms with E-state index in [0.717, 1.165) is 17.8 Å². The summed E-state index contributed by atoms with van der Waals surface area (Å²) in [5.41, 5.74) is 3.21. The summed E-state index contributed by atoms with van der Waals surface area (Å²) in [6.07, 6.45) is 22.5. The Bertz CT molecular complexity index is 492. The first-order chi connectivity index (χ1) is 10.8. The summed E-state index contributed by atoms with van der Waals surface area (Å²) in [4.78, 5) is 0. The number of allylic oxidation sites excluding steroid dienone is 8. The van der Waals surface area contributed by atoms with Crippen molar-refractivity contribution in [3.63, 3.8) is 0 Å². The van der Waals surface area contributed by atoms with Crippen molar-refractivity contribution in [3.8, 4) is 0 Å². The van der Waals surface area contributed by atoms with E-state index in [1.807, 2.05) is 6.88 Å². The van der Waals surface area contributed by atoms with Crippen molar-refractivity contribution < 1.29 is 48.1 Å². The van der Waals surface area contributed by atoms with Gasteiger partial charge in [0.1, 0.15) is 0 Å². The molecule has 0 amide bonds. The van der Waals surface area contributed by atoms with Gasteiger partial charge < -0.3 is 24.8 Å². The standard InChI is InChI=1S/C11H15.C9H11.2ClH.H2Si.Zr/c1-8-7-10-5-3-4-6-11(10)9(8)2;1-2-5-9-7-3-6-8(9)4-1;;;;/h3-4,6,8,10H,5,7H2,1-2H3;1-2,4,6,9H,3,5,7H2;2*1H;1H2;/q2*-1;;;;+2/p-2. The Morgan fingerprint density at radius 3 is 2.33 bits per heavy atom. The molecule has 2 fully saturated rings. The van der Waals surface area contributed by atoms with Gasteiger partial charge in [-0.2, -0.15) is 0 Å². The first kappa shape index (κ1) is 24.4. The van der Waals surface area contributed by atoms with E-state index >= 15 is 0 Å². The maximum absolute atomic E-state index is 2.37. The van der Waals surface area contributed by atoms with Crippen molar-refractivity contribution in [2.24, 2.45) is 17.8 Å². The minimum atomic E-state index is 0. The number of halogens is 2. The summed E-state index contributed by atoms with van der Waals surface area (Å²) < 4.78 is 0. The van der Waals surface area contributed by atoms with Gasteiger partial charge in [0.25, 0.3) is 0 Å². The first-order valence-electron chi connectivity index (χ1n) is 8.51. The van der Waals surface area contributed by atoms with E-state index in [0.29, 0.717) is 0 Å². The van der Waals surface area contributed by atoms with Crippen LogP contribution in [0.25, 0.3) is 0 Å². The Balaban J connectivity index is 0.000000376. The fourth-order valence-corrected chi connectivity index (χ4v) is 3.91. The molecule has 2 saturated carbocycles. The van der Waals surface area contributed by atoms with Crippen molar-refractivity contribution in [3.05, 3.63) is 59.9 Å². The van der Waals surface area contributed by atoms with Gasteiger partial charge in [-0.05, 0) is 24.7 Å². The molecule has 132 valence electrons. The van der Waals surface area contributed by atoms with Gasteiger partial charge in [-0.1, -0.05) is 25.7 Å². The molecule has 0 nitrogen and oxygen atoms in total. The summed E-state index contributed by atoms with van der Waals surface area (Å²) >= 11 is 1.58. The molecule has 4 heteroatoms. The molecule has 0 aromatic rings. The monoisotopic (exact) mass is 456 g/mol. The molecule has 0 aromatic heterocycles. The van der Waals surface area contributed by atoms with Gasteiger partial charge in [0.15, 0.2) is 0 Å². The molecule has 24 heavy (non-hydrogen) atoms. The Morgan fingerprint density at radius 1 is 1.08 bits per heavy atom. The average Bonchev–Trinajstić information content (AvgIpc) is 3.16. The predicted octanol–water partition coefficient (Wildman–Crippen LogP) is -1.30. The molecule has 0 saturated heterocycles. The Morgan fingerprint density at radius 2 is 1.71 bits per heavy atom. The SMILES string of the molecule is C1=CCC2CC[CH-]C2=C1.C[C-]1C2=CC=CCC2CC1C.[Cl-].[Cl-].[SiH2]=[Zr+2]. The summed E-state index contributed by atoms with van der Waals surface area (Å²) in [6, 6.07) is 0. The minimum absolute atomic E-state index is 0. The van der Waals surface area contributed by atoms with Crippen LogP contribution in [0.15, 0.2) is 47.6 Å². The molecule has 4 aliphatic rings. The van der Waals surface area contributed by atoms with Gasteiger partial charge in [-0.3, -0.25) is 0 Å². The van der Waals surface area contributed by atoms with Crippen LogP contribution >= 0.6 is 0 Å². The van der Waals surface area contributed by atoms with Gasteiger partial charge in [-0.15, -0.1) is 37.6 Å². The molecule has 0 bridgehead atoms. The summed E-state index contributed by atoms with van der Waals surface area (Å²) in [5.74, 6) is 4.19. The third kappa shape index (κ3) is 6.27. The van der Waals surface area contributed by atoms with Crippen LogP contribution in [0.1, 0.15) is 46.0 Å². The second kappa shape index (κ2) is 12.7. The first-order valence-corrected chi connectivity index (χ1v) is 14.4. The molecule has 0 aliphatic heterocycles. The zero-order valence-corrected chi connectivity index (χ0v) is 20.2. The average molecular weight is 459 g/mol. The van der Waals surface area contributed by atoms with Gasteiger partial charge >= 0.3 is 30.2 Å². The van der Waals surface area contributed by atoms with Crippen LogP contribution in [0.2, 0.25) is 0 Å². The Labute approximate surface area is 177 Å². The second-order valence-corrected chi connectivity index (χ2v) is 6.61. The van der Waals surface area contributed by atoms with E-state index in [1.54, 1.807) is 40.4 Å². The molecule has 4 aliphatic carbocycles. The van der Waals surface area contributed by atoms with Crippen molar-refractivity contribution in [1.29, 1.82) is 0 Å². The molecule has 4 rings (SSSR count). The van der Waals surface area contributed by atoms with Crippen LogP contribution in [0.4, 0.5) is 0 Å². The van der Waals surface area contributed by atoms with E-state index in [2.05, 4.69) is 56.7 Å². The quantitative estimate of drug-likeness (QED) is 0.313. The van der Waals surface area contributed by atoms with E-state index in [9.17, 15) is 0 Å². The molecule has 0 spiro atoms. The molecular formula is C20H28Cl2SiZr-2. The van der Waals surface area contributed by atoms with Crippen LogP contribution in [0.5, 0.6) is 0 Å². The number of hydrogen-bond acceptors (Lipinski definition) is 0. The summed E-state index contributed by atoms with van der Waals surface area (Å²) in [5, 5.41) is 0. The molecule has 0 heterocycles. The van der Waals surface area contributed by atoms with E-state index < -0.39 is 0 Å². The summed E-state index contributed by atoms with van der Waals surface area (Å²) in [6.45, 7) is 6.58. The molecule has 3 atom stereocenters. The fourth-order valence-electron chi connectivity index (χ4n) is 3.91. The van der Waals surface area contributed by atoms with Crippen molar-refractivity contribution in [1.82, 2.24) is 0 Å². The van der Waals surface area contributed by atoms with Gasteiger partial charge in [0, 0.05) is 0 Å². The van der Waals surface area contributed by atoms with Crippen molar-refractivity contribution in [2.45, 2.75) is 46.0 Å². The van der Waals surface area contributed by atoms with Gasteiger partial charge in [0.05, 0.1) is 0 Å². The van der Waals surface area contributed by atoms with Gasteiger partial charge in [0.2, 0.25) is 0 Å². The van der Waals surface area contributed by atoms with Crippen LogP contribution in [0, 0.1) is 30.1 Å². The topological polar surface area (TPSA) is 0 Å². The summed E-state index contributed by atoms with van der Waals surface area (Å²) in [7, 11) is 0. The van der Waals surface area contributed by atoms with E-state index in [4.69, 9.17) is 0 Å². The fraction of sp³-hybridized carbons (Fsp3) is 0.500. The number of hydrogen-bond donors (Lipinski definition) is 0. The Hall–Kier alpha value is 0.380. The van der Waals surface area contributed by atoms with E-state index in [-0.39, 0.29) is 24.8 Å². The van der Waals surface area contributed by atoms with Crippen molar-refractivity contribution in [2.75, 3.05) is 0 Å².